The molecule has 0 heterocycles. The van der Waals surface area contributed by atoms with Crippen LogP contribution >= 0.6 is 0 Å². The Morgan fingerprint density at radius 2 is 1.90 bits per heavy atom. The third kappa shape index (κ3) is 4.30. The summed E-state index contributed by atoms with van der Waals surface area (Å²) in [5.41, 5.74) is -0.0742. The van der Waals surface area contributed by atoms with Gasteiger partial charge in [0.25, 0.3) is 0 Å². The Morgan fingerprint density at radius 3 is 2.30 bits per heavy atom. The van der Waals surface area contributed by atoms with Crippen molar-refractivity contribution >= 4 is 0 Å². The Labute approximate surface area is 62.4 Å². The fourth-order valence-corrected chi connectivity index (χ4v) is 0.268. The molecule has 60 valence electrons. The van der Waals surface area contributed by atoms with Gasteiger partial charge in [0.15, 0.2) is 0 Å². The van der Waals surface area contributed by atoms with Crippen LogP contribution in [0.4, 0.5) is 0 Å². The van der Waals surface area contributed by atoms with Crippen LogP contribution in [0.15, 0.2) is 10.4 Å². The second-order valence-electron chi connectivity index (χ2n) is 2.77. The Balaban J connectivity index is 3.63. The minimum atomic E-state index is -0.0742. The van der Waals surface area contributed by atoms with E-state index in [0.29, 0.717) is 6.61 Å². The molecule has 0 saturated heterocycles. The van der Waals surface area contributed by atoms with Crippen LogP contribution < -0.4 is 0 Å². The van der Waals surface area contributed by atoms with Crippen molar-refractivity contribution in [2.45, 2.75) is 39.7 Å². The van der Waals surface area contributed by atoms with Gasteiger partial charge in [0, 0.05) is 5.28 Å². The van der Waals surface area contributed by atoms with Gasteiger partial charge in [-0.15, -0.1) is 5.11 Å². The fourth-order valence-electron chi connectivity index (χ4n) is 0.268. The summed E-state index contributed by atoms with van der Waals surface area (Å²) < 4.78 is 0. The van der Waals surface area contributed by atoms with Crippen molar-refractivity contribution in [1.82, 2.24) is 0 Å². The third-order valence-corrected chi connectivity index (χ3v) is 1.36. The molecule has 0 aliphatic heterocycles. The molecule has 0 amide bonds. The predicted octanol–water partition coefficient (Wildman–Crippen LogP) is 2.58. The van der Waals surface area contributed by atoms with E-state index in [2.05, 4.69) is 17.3 Å². The second-order valence-corrected chi connectivity index (χ2v) is 2.77. The standard InChI is InChI=1S/C7H16N2O/c1-5-7(3,4)8-9-10-6-2/h5-6H2,1-4H3. The zero-order chi connectivity index (χ0) is 8.04. The van der Waals surface area contributed by atoms with Crippen molar-refractivity contribution in [3.05, 3.63) is 0 Å². The summed E-state index contributed by atoms with van der Waals surface area (Å²) in [6, 6.07) is 0. The van der Waals surface area contributed by atoms with Gasteiger partial charge in [-0.1, -0.05) is 6.92 Å². The van der Waals surface area contributed by atoms with Crippen LogP contribution in [-0.2, 0) is 4.84 Å². The van der Waals surface area contributed by atoms with Gasteiger partial charge in [0.1, 0.15) is 6.61 Å². The van der Waals surface area contributed by atoms with Gasteiger partial charge in [-0.05, 0) is 27.2 Å². The van der Waals surface area contributed by atoms with Gasteiger partial charge in [-0.2, -0.15) is 0 Å². The highest BCUT2D eigenvalue weighted by Crippen LogP contribution is 2.13. The predicted molar refractivity (Wildman–Crippen MR) is 40.9 cm³/mol. The van der Waals surface area contributed by atoms with E-state index in [1.54, 1.807) is 0 Å². The molecule has 3 nitrogen and oxygen atoms in total. The average Bonchev–Trinajstić information content (AvgIpc) is 1.89. The van der Waals surface area contributed by atoms with Crippen molar-refractivity contribution in [3.63, 3.8) is 0 Å². The van der Waals surface area contributed by atoms with Crippen LogP contribution in [0, 0.1) is 0 Å². The molecule has 0 aromatic rings. The van der Waals surface area contributed by atoms with E-state index in [9.17, 15) is 0 Å². The molecule has 0 rings (SSSR count). The summed E-state index contributed by atoms with van der Waals surface area (Å²) in [5.74, 6) is 0. The summed E-state index contributed by atoms with van der Waals surface area (Å²) in [5, 5.41) is 7.52. The molecule has 0 aromatic heterocycles. The average molecular weight is 144 g/mol. The van der Waals surface area contributed by atoms with Crippen LogP contribution in [0.1, 0.15) is 34.1 Å². The van der Waals surface area contributed by atoms with Gasteiger partial charge >= 0.3 is 0 Å². The Morgan fingerprint density at radius 1 is 1.30 bits per heavy atom. The van der Waals surface area contributed by atoms with E-state index in [4.69, 9.17) is 4.84 Å². The molecule has 0 fully saturated rings. The molecule has 0 bridgehead atoms. The maximum absolute atomic E-state index is 4.73. The molecule has 0 atom stereocenters. The minimum Gasteiger partial charge on any atom is -0.380 e. The van der Waals surface area contributed by atoms with Gasteiger partial charge in [-0.3, -0.25) is 0 Å². The lowest BCUT2D eigenvalue weighted by Crippen LogP contribution is -2.13. The molecule has 0 N–H and O–H groups in total. The number of hydrogen-bond acceptors (Lipinski definition) is 3. The molecular formula is C7H16N2O. The number of hydrogen-bond donors (Lipinski definition) is 0. The van der Waals surface area contributed by atoms with Crippen LogP contribution in [0.5, 0.6) is 0 Å². The topological polar surface area (TPSA) is 34.0 Å². The highest BCUT2D eigenvalue weighted by atomic mass is 16.6. The Kier molecular flexibility index (Phi) is 4.00. The van der Waals surface area contributed by atoms with E-state index in [-0.39, 0.29) is 5.54 Å². The van der Waals surface area contributed by atoms with E-state index >= 15 is 0 Å². The first-order valence-electron chi connectivity index (χ1n) is 3.66. The van der Waals surface area contributed by atoms with Crippen LogP contribution in [0.25, 0.3) is 0 Å². The molecular weight excluding hydrogens is 128 g/mol. The van der Waals surface area contributed by atoms with Crippen molar-refractivity contribution < 1.29 is 4.84 Å². The Hall–Kier alpha value is -0.600. The van der Waals surface area contributed by atoms with Crippen LogP contribution in [0.2, 0.25) is 0 Å². The Bertz CT molecular complexity index is 110. The lowest BCUT2D eigenvalue weighted by atomic mass is 10.0. The molecule has 0 saturated carbocycles. The summed E-state index contributed by atoms with van der Waals surface area (Å²) in [6.45, 7) is 8.59. The first kappa shape index (κ1) is 9.40. The molecule has 0 spiro atoms. The molecule has 0 aromatic carbocycles. The van der Waals surface area contributed by atoms with E-state index in [0.717, 1.165) is 6.42 Å². The zero-order valence-corrected chi connectivity index (χ0v) is 7.22. The van der Waals surface area contributed by atoms with Gasteiger partial charge < -0.3 is 4.84 Å². The highest BCUT2D eigenvalue weighted by Gasteiger charge is 2.12. The summed E-state index contributed by atoms with van der Waals surface area (Å²) in [7, 11) is 0. The summed E-state index contributed by atoms with van der Waals surface area (Å²) >= 11 is 0. The zero-order valence-electron chi connectivity index (χ0n) is 7.22. The number of nitrogens with zero attached hydrogens (tertiary/aromatic N) is 2. The van der Waals surface area contributed by atoms with Crippen LogP contribution in [0.3, 0.4) is 0 Å². The van der Waals surface area contributed by atoms with Gasteiger partial charge in [0.2, 0.25) is 0 Å². The largest absolute Gasteiger partial charge is 0.380 e. The van der Waals surface area contributed by atoms with E-state index in [1.165, 1.54) is 0 Å². The van der Waals surface area contributed by atoms with Gasteiger partial charge in [-0.25, -0.2) is 0 Å². The quantitative estimate of drug-likeness (QED) is 0.441. The molecule has 10 heavy (non-hydrogen) atoms. The second kappa shape index (κ2) is 4.25. The maximum Gasteiger partial charge on any atom is 0.116 e. The first-order valence-corrected chi connectivity index (χ1v) is 3.66. The maximum atomic E-state index is 4.73. The minimum absolute atomic E-state index is 0.0742. The first-order chi connectivity index (χ1) is 4.62. The lowest BCUT2D eigenvalue weighted by Gasteiger charge is -2.12. The van der Waals surface area contributed by atoms with E-state index < -0.39 is 0 Å². The van der Waals surface area contributed by atoms with Crippen molar-refractivity contribution in [3.8, 4) is 0 Å². The number of rotatable bonds is 4. The monoisotopic (exact) mass is 144 g/mol. The molecule has 0 aliphatic rings. The third-order valence-electron chi connectivity index (χ3n) is 1.36. The smallest absolute Gasteiger partial charge is 0.116 e. The molecule has 0 unspecified atom stereocenters. The van der Waals surface area contributed by atoms with Crippen molar-refractivity contribution in [2.24, 2.45) is 10.4 Å². The van der Waals surface area contributed by atoms with Crippen molar-refractivity contribution in [1.29, 1.82) is 0 Å². The van der Waals surface area contributed by atoms with E-state index in [1.807, 2.05) is 20.8 Å². The SMILES string of the molecule is CCON=NC(C)(C)CC. The highest BCUT2D eigenvalue weighted by molar-refractivity contribution is 4.71. The lowest BCUT2D eigenvalue weighted by molar-refractivity contribution is 0.125. The van der Waals surface area contributed by atoms with Crippen molar-refractivity contribution in [2.75, 3.05) is 6.61 Å². The van der Waals surface area contributed by atoms with Crippen LogP contribution in [-0.4, -0.2) is 12.1 Å². The summed E-state index contributed by atoms with van der Waals surface area (Å²) in [6.07, 6.45) is 0.976. The van der Waals surface area contributed by atoms with Gasteiger partial charge in [0.05, 0.1) is 5.54 Å². The fraction of sp³-hybridized carbons (Fsp3) is 1.00. The molecule has 3 heteroatoms. The molecule has 0 radical (unpaired) electrons. The summed E-state index contributed by atoms with van der Waals surface area (Å²) in [4.78, 5) is 4.73. The molecule has 0 aliphatic carbocycles. The normalized spacial score (nSPS) is 12.4.